The first-order valence-corrected chi connectivity index (χ1v) is 8.39. The highest BCUT2D eigenvalue weighted by atomic mass is 32.2. The molecule has 0 aliphatic heterocycles. The van der Waals surface area contributed by atoms with Gasteiger partial charge in [-0.05, 0) is 31.0 Å². The molecular formula is C18H20N2O2S. The lowest BCUT2D eigenvalue weighted by Crippen LogP contribution is -2.22. The number of nitrogens with one attached hydrogen (secondary N) is 1. The van der Waals surface area contributed by atoms with Gasteiger partial charge >= 0.3 is 0 Å². The van der Waals surface area contributed by atoms with Gasteiger partial charge < -0.3 is 5.32 Å². The van der Waals surface area contributed by atoms with Crippen molar-refractivity contribution in [3.05, 3.63) is 59.8 Å². The molecule has 1 heterocycles. The minimum absolute atomic E-state index is 0.0304. The van der Waals surface area contributed by atoms with Gasteiger partial charge in [0.25, 0.3) is 0 Å². The number of thioether (sulfide) groups is 1. The maximum atomic E-state index is 12.5. The van der Waals surface area contributed by atoms with Crippen LogP contribution in [0.5, 0.6) is 0 Å². The number of aromatic nitrogens is 1. The molecule has 0 saturated heterocycles. The van der Waals surface area contributed by atoms with Crippen molar-refractivity contribution in [2.45, 2.75) is 30.5 Å². The van der Waals surface area contributed by atoms with E-state index in [1.807, 2.05) is 49.4 Å². The van der Waals surface area contributed by atoms with Gasteiger partial charge in [-0.3, -0.25) is 9.59 Å². The number of hydrogen-bond acceptors (Lipinski definition) is 4. The Hall–Kier alpha value is -2.14. The van der Waals surface area contributed by atoms with Crippen LogP contribution in [0.15, 0.2) is 53.7 Å². The summed E-state index contributed by atoms with van der Waals surface area (Å²) in [5.74, 6) is 0.0613. The number of carbonyl (C=O) groups is 2. The third-order valence-corrected chi connectivity index (χ3v) is 4.38. The molecule has 2 aromatic rings. The maximum Gasteiger partial charge on any atom is 0.216 e. The van der Waals surface area contributed by atoms with E-state index in [2.05, 4.69) is 10.3 Å². The topological polar surface area (TPSA) is 59.1 Å². The average Bonchev–Trinajstić information content (AvgIpc) is 2.55. The van der Waals surface area contributed by atoms with E-state index in [0.717, 1.165) is 17.0 Å². The summed E-state index contributed by atoms with van der Waals surface area (Å²) in [6.07, 6.45) is 2.48. The van der Waals surface area contributed by atoms with Crippen LogP contribution in [0.1, 0.15) is 29.8 Å². The number of carbonyl (C=O) groups excluding carboxylic acids is 2. The lowest BCUT2D eigenvalue weighted by molar-refractivity contribution is -0.118. The molecule has 0 aliphatic rings. The third-order valence-electron chi connectivity index (χ3n) is 3.33. The standard InChI is InChI=1S/C18H20N2O2S/c1-13(23-17-5-3-4-11-20-17)18(22)16-8-6-15(7-9-16)10-12-19-14(2)21/h3-9,11,13H,10,12H2,1-2H3,(H,19,21). The molecule has 1 aromatic carbocycles. The SMILES string of the molecule is CC(=O)NCCc1ccc(C(=O)C(C)Sc2ccccn2)cc1. The van der Waals surface area contributed by atoms with E-state index < -0.39 is 0 Å². The predicted octanol–water partition coefficient (Wildman–Crippen LogP) is 3.12. The molecule has 0 bridgehead atoms. The maximum absolute atomic E-state index is 12.5. The van der Waals surface area contributed by atoms with Crippen molar-refractivity contribution in [2.24, 2.45) is 0 Å². The van der Waals surface area contributed by atoms with E-state index in [4.69, 9.17) is 0 Å². The van der Waals surface area contributed by atoms with E-state index in [1.54, 1.807) is 6.20 Å². The van der Waals surface area contributed by atoms with Gasteiger partial charge in [-0.15, -0.1) is 0 Å². The third kappa shape index (κ3) is 5.53. The van der Waals surface area contributed by atoms with Gasteiger partial charge in [0.15, 0.2) is 5.78 Å². The van der Waals surface area contributed by atoms with Crippen LogP contribution in [-0.4, -0.2) is 28.5 Å². The summed E-state index contributed by atoms with van der Waals surface area (Å²) in [6.45, 7) is 4.00. The van der Waals surface area contributed by atoms with Crippen LogP contribution in [-0.2, 0) is 11.2 Å². The molecule has 0 saturated carbocycles. The Kier molecular flexibility index (Phi) is 6.35. The average molecular weight is 328 g/mol. The van der Waals surface area contributed by atoms with Crippen molar-refractivity contribution in [3.63, 3.8) is 0 Å². The Morgan fingerprint density at radius 2 is 1.91 bits per heavy atom. The molecule has 2 rings (SSSR count). The van der Waals surface area contributed by atoms with Gasteiger partial charge in [0.1, 0.15) is 0 Å². The minimum atomic E-state index is -0.185. The molecule has 0 radical (unpaired) electrons. The first kappa shape index (κ1) is 17.2. The summed E-state index contributed by atoms with van der Waals surface area (Å²) in [5, 5.41) is 3.42. The Bertz CT molecular complexity index is 656. The monoisotopic (exact) mass is 328 g/mol. The highest BCUT2D eigenvalue weighted by molar-refractivity contribution is 8.00. The smallest absolute Gasteiger partial charge is 0.216 e. The molecule has 1 unspecified atom stereocenters. The normalized spacial score (nSPS) is 11.7. The fourth-order valence-electron chi connectivity index (χ4n) is 2.10. The van der Waals surface area contributed by atoms with Crippen LogP contribution in [0.2, 0.25) is 0 Å². The van der Waals surface area contributed by atoms with E-state index >= 15 is 0 Å². The van der Waals surface area contributed by atoms with Gasteiger partial charge in [-0.2, -0.15) is 0 Å². The van der Waals surface area contributed by atoms with Crippen molar-refractivity contribution in [1.29, 1.82) is 0 Å². The van der Waals surface area contributed by atoms with Crippen molar-refractivity contribution in [3.8, 4) is 0 Å². The molecule has 120 valence electrons. The molecule has 1 N–H and O–H groups in total. The van der Waals surface area contributed by atoms with Gasteiger partial charge in [-0.25, -0.2) is 4.98 Å². The van der Waals surface area contributed by atoms with Gasteiger partial charge in [-0.1, -0.05) is 42.1 Å². The molecule has 0 aliphatic carbocycles. The Labute approximate surface area is 140 Å². The van der Waals surface area contributed by atoms with Crippen LogP contribution in [0, 0.1) is 0 Å². The zero-order chi connectivity index (χ0) is 16.7. The predicted molar refractivity (Wildman–Crippen MR) is 92.7 cm³/mol. The largest absolute Gasteiger partial charge is 0.356 e. The summed E-state index contributed by atoms with van der Waals surface area (Å²) >= 11 is 1.46. The van der Waals surface area contributed by atoms with E-state index in [-0.39, 0.29) is 16.9 Å². The number of Topliss-reactive ketones (excluding diaryl/α,β-unsaturated/α-hetero) is 1. The second-order valence-electron chi connectivity index (χ2n) is 5.22. The Balaban J connectivity index is 1.92. The zero-order valence-corrected chi connectivity index (χ0v) is 14.1. The molecule has 1 amide bonds. The number of ketones is 1. The lowest BCUT2D eigenvalue weighted by atomic mass is 10.0. The molecule has 23 heavy (non-hydrogen) atoms. The lowest BCUT2D eigenvalue weighted by Gasteiger charge is -2.10. The van der Waals surface area contributed by atoms with E-state index in [0.29, 0.717) is 12.1 Å². The summed E-state index contributed by atoms with van der Waals surface area (Å²) in [5.41, 5.74) is 1.80. The van der Waals surface area contributed by atoms with Crippen LogP contribution in [0.25, 0.3) is 0 Å². The molecule has 1 aromatic heterocycles. The highest BCUT2D eigenvalue weighted by Gasteiger charge is 2.16. The van der Waals surface area contributed by atoms with Crippen LogP contribution >= 0.6 is 11.8 Å². The second kappa shape index (κ2) is 8.48. The second-order valence-corrected chi connectivity index (χ2v) is 6.58. The first-order valence-electron chi connectivity index (χ1n) is 7.51. The molecular weight excluding hydrogens is 308 g/mol. The molecule has 0 spiro atoms. The zero-order valence-electron chi connectivity index (χ0n) is 13.3. The summed E-state index contributed by atoms with van der Waals surface area (Å²) < 4.78 is 0. The number of hydrogen-bond donors (Lipinski definition) is 1. The molecule has 5 heteroatoms. The van der Waals surface area contributed by atoms with Crippen LogP contribution < -0.4 is 5.32 Å². The number of rotatable bonds is 7. The van der Waals surface area contributed by atoms with Gasteiger partial charge in [0, 0.05) is 25.2 Å². The van der Waals surface area contributed by atoms with Crippen molar-refractivity contribution < 1.29 is 9.59 Å². The van der Waals surface area contributed by atoms with Gasteiger partial charge in [0.05, 0.1) is 10.3 Å². The highest BCUT2D eigenvalue weighted by Crippen LogP contribution is 2.23. The van der Waals surface area contributed by atoms with Crippen molar-refractivity contribution >= 4 is 23.5 Å². The fraction of sp³-hybridized carbons (Fsp3) is 0.278. The van der Waals surface area contributed by atoms with E-state index in [9.17, 15) is 9.59 Å². The molecule has 1 atom stereocenters. The first-order chi connectivity index (χ1) is 11.1. The Morgan fingerprint density at radius 3 is 2.52 bits per heavy atom. The van der Waals surface area contributed by atoms with Crippen LogP contribution in [0.3, 0.4) is 0 Å². The summed E-state index contributed by atoms with van der Waals surface area (Å²) in [4.78, 5) is 27.5. The minimum Gasteiger partial charge on any atom is -0.356 e. The summed E-state index contributed by atoms with van der Waals surface area (Å²) in [6, 6.07) is 13.2. The van der Waals surface area contributed by atoms with Crippen LogP contribution in [0.4, 0.5) is 0 Å². The summed E-state index contributed by atoms with van der Waals surface area (Å²) in [7, 11) is 0. The number of benzene rings is 1. The number of nitrogens with zero attached hydrogens (tertiary/aromatic N) is 1. The number of pyridine rings is 1. The van der Waals surface area contributed by atoms with E-state index in [1.165, 1.54) is 18.7 Å². The Morgan fingerprint density at radius 1 is 1.17 bits per heavy atom. The number of amides is 1. The van der Waals surface area contributed by atoms with Gasteiger partial charge in [0.2, 0.25) is 5.91 Å². The molecule has 0 fully saturated rings. The van der Waals surface area contributed by atoms with Crippen molar-refractivity contribution in [1.82, 2.24) is 10.3 Å². The molecule has 4 nitrogen and oxygen atoms in total. The fourth-order valence-corrected chi connectivity index (χ4v) is 2.99. The quantitative estimate of drug-likeness (QED) is 0.627. The van der Waals surface area contributed by atoms with Crippen molar-refractivity contribution in [2.75, 3.05) is 6.54 Å².